The largest absolute Gasteiger partial charge is 0.497 e. The molecule has 2 aromatic carbocycles. The Balaban J connectivity index is 0.00000228. The minimum atomic E-state index is -0.880. The van der Waals surface area contributed by atoms with E-state index in [4.69, 9.17) is 18.9 Å². The van der Waals surface area contributed by atoms with Crippen LogP contribution in [-0.4, -0.2) is 68.0 Å². The van der Waals surface area contributed by atoms with E-state index in [9.17, 15) is 9.90 Å². The summed E-state index contributed by atoms with van der Waals surface area (Å²) in [5.41, 5.74) is 0.691. The molecule has 0 aromatic heterocycles. The number of amides is 1. The Morgan fingerprint density at radius 1 is 1.18 bits per heavy atom. The Morgan fingerprint density at radius 2 is 1.91 bits per heavy atom. The number of ether oxygens (including phenoxy) is 4. The van der Waals surface area contributed by atoms with E-state index in [0.717, 1.165) is 25.1 Å². The van der Waals surface area contributed by atoms with Gasteiger partial charge < -0.3 is 29.4 Å². The van der Waals surface area contributed by atoms with Crippen LogP contribution in [-0.2, 0) is 4.79 Å². The van der Waals surface area contributed by atoms with Gasteiger partial charge in [-0.2, -0.15) is 0 Å². The fourth-order valence-electron chi connectivity index (χ4n) is 4.43. The maximum absolute atomic E-state index is 12.8. The minimum absolute atomic E-state index is 0. The van der Waals surface area contributed by atoms with E-state index in [-0.39, 0.29) is 21.8 Å². The number of aliphatic hydroxyl groups is 1. The van der Waals surface area contributed by atoms with Gasteiger partial charge in [0.1, 0.15) is 30.8 Å². The number of hydrogen-bond donors (Lipinski definition) is 2. The third-order valence-corrected chi connectivity index (χ3v) is 6.41. The number of rotatable bonds is 10. The van der Waals surface area contributed by atoms with Crippen LogP contribution < -0.4 is 24.3 Å². The van der Waals surface area contributed by atoms with E-state index >= 15 is 0 Å². The zero-order valence-corrected chi connectivity index (χ0v) is 19.9. The van der Waals surface area contributed by atoms with E-state index in [2.05, 4.69) is 17.1 Å². The number of fused-ring (bicyclic) bond motifs is 1. The van der Waals surface area contributed by atoms with Crippen molar-refractivity contribution < 1.29 is 31.7 Å². The average Bonchev–Trinajstić information content (AvgIpc) is 3.27. The summed E-state index contributed by atoms with van der Waals surface area (Å²) in [5, 5.41) is 14.3. The summed E-state index contributed by atoms with van der Waals surface area (Å²) in [7, 11) is 1.61. The van der Waals surface area contributed by atoms with Crippen molar-refractivity contribution in [3.8, 4) is 23.0 Å². The standard InChI is InChI=1S/C26H34N2O6.2H2/c1-18-4-3-12-28(18)17-22(26(30)19-5-10-23-24(16-19)34-15-14-33-23)27-25(29)11-13-32-21-8-6-20(31-2)7-9-21;;/h5-10,16,18,22,26,30H,3-4,11-15,17H2,1-2H3,(H,27,29);2*1H/t18-,22-,26+;;/m1../s1. The number of benzene rings is 2. The molecule has 2 aliphatic rings. The van der Waals surface area contributed by atoms with Crippen LogP contribution in [0.2, 0.25) is 0 Å². The number of nitrogens with zero attached hydrogens (tertiary/aromatic N) is 1. The molecule has 8 nitrogen and oxygen atoms in total. The summed E-state index contributed by atoms with van der Waals surface area (Å²) in [6, 6.07) is 12.6. The van der Waals surface area contributed by atoms with Crippen LogP contribution in [0.15, 0.2) is 42.5 Å². The number of likely N-dealkylation sites (tertiary alicyclic amines) is 1. The summed E-state index contributed by atoms with van der Waals surface area (Å²) in [6.45, 7) is 4.95. The van der Waals surface area contributed by atoms with Crippen LogP contribution in [0.1, 0.15) is 40.7 Å². The lowest BCUT2D eigenvalue weighted by Crippen LogP contribution is -2.48. The van der Waals surface area contributed by atoms with Gasteiger partial charge >= 0.3 is 0 Å². The van der Waals surface area contributed by atoms with Crippen molar-refractivity contribution in [2.24, 2.45) is 0 Å². The SMILES string of the molecule is COc1ccc(OCCC(=O)N[C@H](CN2CCC[C@H]2C)[C@@H](O)c2ccc3c(c2)OCCO3)cc1.[HH].[HH]. The van der Waals surface area contributed by atoms with Gasteiger partial charge in [-0.1, -0.05) is 6.07 Å². The lowest BCUT2D eigenvalue weighted by atomic mass is 10.0. The molecule has 2 aliphatic heterocycles. The summed E-state index contributed by atoms with van der Waals surface area (Å²) >= 11 is 0. The molecule has 8 heteroatoms. The highest BCUT2D eigenvalue weighted by atomic mass is 16.6. The van der Waals surface area contributed by atoms with Crippen LogP contribution in [0, 0.1) is 0 Å². The van der Waals surface area contributed by atoms with Gasteiger partial charge in [-0.3, -0.25) is 9.69 Å². The van der Waals surface area contributed by atoms with Crippen molar-refractivity contribution in [2.45, 2.75) is 44.4 Å². The monoisotopic (exact) mass is 474 g/mol. The predicted molar refractivity (Wildman–Crippen MR) is 132 cm³/mol. The lowest BCUT2D eigenvalue weighted by molar-refractivity contribution is -0.123. The number of methoxy groups -OCH3 is 1. The molecule has 0 bridgehead atoms. The van der Waals surface area contributed by atoms with E-state index in [1.54, 1.807) is 25.3 Å². The molecule has 0 spiro atoms. The Bertz CT molecular complexity index is 962. The van der Waals surface area contributed by atoms with Crippen LogP contribution in [0.25, 0.3) is 0 Å². The number of nitrogens with one attached hydrogen (secondary N) is 1. The van der Waals surface area contributed by atoms with Crippen molar-refractivity contribution in [1.29, 1.82) is 0 Å². The molecule has 0 saturated carbocycles. The van der Waals surface area contributed by atoms with E-state index in [0.29, 0.717) is 48.6 Å². The Labute approximate surface area is 203 Å². The highest BCUT2D eigenvalue weighted by Crippen LogP contribution is 2.33. The van der Waals surface area contributed by atoms with Crippen molar-refractivity contribution >= 4 is 5.91 Å². The van der Waals surface area contributed by atoms with Gasteiger partial charge in [-0.15, -0.1) is 0 Å². The molecule has 1 amide bonds. The van der Waals surface area contributed by atoms with Crippen molar-refractivity contribution in [3.63, 3.8) is 0 Å². The third-order valence-electron chi connectivity index (χ3n) is 6.41. The van der Waals surface area contributed by atoms with Gasteiger partial charge in [-0.05, 0) is 68.3 Å². The van der Waals surface area contributed by atoms with Gasteiger partial charge in [0.15, 0.2) is 11.5 Å². The quantitative estimate of drug-likeness (QED) is 0.545. The highest BCUT2D eigenvalue weighted by molar-refractivity contribution is 5.76. The normalized spacial score (nSPS) is 19.3. The van der Waals surface area contributed by atoms with Gasteiger partial charge in [0.25, 0.3) is 0 Å². The molecule has 2 aromatic rings. The molecule has 1 saturated heterocycles. The van der Waals surface area contributed by atoms with Gasteiger partial charge in [0.05, 0.1) is 26.2 Å². The third kappa shape index (κ3) is 6.12. The first kappa shape index (κ1) is 24.2. The zero-order valence-electron chi connectivity index (χ0n) is 19.9. The second-order valence-corrected chi connectivity index (χ2v) is 8.78. The van der Waals surface area contributed by atoms with E-state index < -0.39 is 12.1 Å². The van der Waals surface area contributed by atoms with E-state index in [1.165, 1.54) is 0 Å². The van der Waals surface area contributed by atoms with Crippen molar-refractivity contribution in [1.82, 2.24) is 10.2 Å². The fraction of sp³-hybridized carbons (Fsp3) is 0.500. The summed E-state index contributed by atoms with van der Waals surface area (Å²) in [4.78, 5) is 15.1. The highest BCUT2D eigenvalue weighted by Gasteiger charge is 2.30. The Hall–Kier alpha value is -2.97. The summed E-state index contributed by atoms with van der Waals surface area (Å²) in [6.07, 6.45) is 1.55. The molecule has 2 heterocycles. The molecule has 2 N–H and O–H groups in total. The summed E-state index contributed by atoms with van der Waals surface area (Å²) in [5.74, 6) is 2.55. The van der Waals surface area contributed by atoms with Crippen molar-refractivity contribution in [2.75, 3.05) is 40.0 Å². The molecule has 0 unspecified atom stereocenters. The maximum atomic E-state index is 12.8. The molecular weight excluding hydrogens is 436 g/mol. The smallest absolute Gasteiger partial charge is 0.223 e. The van der Waals surface area contributed by atoms with Crippen LogP contribution in [0.3, 0.4) is 0 Å². The van der Waals surface area contributed by atoms with E-state index in [1.807, 2.05) is 24.3 Å². The minimum Gasteiger partial charge on any atom is -0.497 e. The second kappa shape index (κ2) is 11.4. The number of hydrogen-bond acceptors (Lipinski definition) is 7. The van der Waals surface area contributed by atoms with Crippen LogP contribution in [0.4, 0.5) is 0 Å². The zero-order chi connectivity index (χ0) is 23.9. The predicted octanol–water partition coefficient (Wildman–Crippen LogP) is 3.43. The van der Waals surface area contributed by atoms with Gasteiger partial charge in [0.2, 0.25) is 5.91 Å². The molecule has 4 rings (SSSR count). The fourth-order valence-corrected chi connectivity index (χ4v) is 4.43. The number of carbonyl (C=O) groups excluding carboxylic acids is 1. The van der Waals surface area contributed by atoms with Crippen LogP contribution >= 0.6 is 0 Å². The van der Waals surface area contributed by atoms with Crippen LogP contribution in [0.5, 0.6) is 23.0 Å². The maximum Gasteiger partial charge on any atom is 0.223 e. The Morgan fingerprint density at radius 3 is 2.62 bits per heavy atom. The molecule has 34 heavy (non-hydrogen) atoms. The lowest BCUT2D eigenvalue weighted by Gasteiger charge is -2.31. The molecule has 0 radical (unpaired) electrons. The molecule has 1 fully saturated rings. The first-order valence-corrected chi connectivity index (χ1v) is 11.9. The van der Waals surface area contributed by atoms with Crippen molar-refractivity contribution in [3.05, 3.63) is 48.0 Å². The van der Waals surface area contributed by atoms with Gasteiger partial charge in [-0.25, -0.2) is 0 Å². The second-order valence-electron chi connectivity index (χ2n) is 8.78. The number of carbonyl (C=O) groups is 1. The molecular formula is C26H38N2O6. The van der Waals surface area contributed by atoms with Gasteiger partial charge in [0, 0.05) is 15.4 Å². The Kier molecular flexibility index (Phi) is 8.13. The molecule has 3 atom stereocenters. The summed E-state index contributed by atoms with van der Waals surface area (Å²) < 4.78 is 22.1. The first-order valence-electron chi connectivity index (χ1n) is 11.9. The molecule has 0 aliphatic carbocycles. The first-order chi connectivity index (χ1) is 16.5. The topological polar surface area (TPSA) is 89.5 Å². The molecule has 188 valence electrons. The average molecular weight is 475 g/mol. The number of aliphatic hydroxyl groups excluding tert-OH is 1.